The molecule has 0 bridgehead atoms. The summed E-state index contributed by atoms with van der Waals surface area (Å²) in [5.41, 5.74) is 2.77. The van der Waals surface area contributed by atoms with Crippen LogP contribution in [0.15, 0.2) is 46.9 Å². The number of nitrogens with zero attached hydrogens (tertiary/aromatic N) is 1. The Morgan fingerprint density at radius 1 is 1.07 bits per heavy atom. The lowest BCUT2D eigenvalue weighted by molar-refractivity contribution is 0.103. The van der Waals surface area contributed by atoms with Crippen LogP contribution in [0.4, 0.5) is 21.3 Å². The lowest BCUT2D eigenvalue weighted by atomic mass is 10.2. The third-order valence-corrected chi connectivity index (χ3v) is 5.96. The number of aromatic nitrogens is 1. The number of halogens is 1. The Labute approximate surface area is 180 Å². The van der Waals surface area contributed by atoms with Crippen LogP contribution in [0.3, 0.4) is 0 Å². The molecule has 150 valence electrons. The van der Waals surface area contributed by atoms with E-state index in [1.807, 2.05) is 31.2 Å². The summed E-state index contributed by atoms with van der Waals surface area (Å²) in [5, 5.41) is 8.54. The van der Waals surface area contributed by atoms with Crippen LogP contribution in [0.25, 0.3) is 0 Å². The van der Waals surface area contributed by atoms with Crippen LogP contribution in [-0.2, 0) is 0 Å². The molecule has 3 rings (SSSR count). The van der Waals surface area contributed by atoms with Crippen LogP contribution in [0.2, 0.25) is 0 Å². The van der Waals surface area contributed by atoms with Crippen LogP contribution in [0.5, 0.6) is 5.75 Å². The number of anilines is 3. The van der Waals surface area contributed by atoms with Gasteiger partial charge in [-0.3, -0.25) is 10.1 Å². The lowest BCUT2D eigenvalue weighted by Crippen LogP contribution is -2.19. The molecule has 0 fully saturated rings. The van der Waals surface area contributed by atoms with E-state index >= 15 is 0 Å². The number of rotatable bonds is 5. The number of carbonyl (C=O) groups excluding carboxylic acids is 2. The standard InChI is InChI=1S/C20H19BrN4O3S/c1-11-10-13(8-9-14(11)21)23-18(26)17-12(2)22-20(29-17)25-19(27)24-15-6-4-5-7-16(15)28-3/h4-10H,1-3H3,(H,23,26)(H2,22,24,25,27). The minimum Gasteiger partial charge on any atom is -0.495 e. The van der Waals surface area contributed by atoms with Gasteiger partial charge in [0.05, 0.1) is 18.5 Å². The fourth-order valence-corrected chi connectivity index (χ4v) is 3.67. The number of amides is 3. The maximum Gasteiger partial charge on any atom is 0.325 e. The molecule has 3 aromatic rings. The van der Waals surface area contributed by atoms with E-state index in [2.05, 4.69) is 36.9 Å². The second kappa shape index (κ2) is 9.06. The summed E-state index contributed by atoms with van der Waals surface area (Å²) in [4.78, 5) is 29.6. The number of hydrogen-bond acceptors (Lipinski definition) is 5. The van der Waals surface area contributed by atoms with Gasteiger partial charge in [0.15, 0.2) is 5.13 Å². The van der Waals surface area contributed by atoms with E-state index < -0.39 is 6.03 Å². The first-order valence-corrected chi connectivity index (χ1v) is 10.2. The van der Waals surface area contributed by atoms with Crippen molar-refractivity contribution < 1.29 is 14.3 Å². The summed E-state index contributed by atoms with van der Waals surface area (Å²) >= 11 is 4.54. The van der Waals surface area contributed by atoms with E-state index in [9.17, 15) is 9.59 Å². The van der Waals surface area contributed by atoms with Gasteiger partial charge in [-0.05, 0) is 49.7 Å². The normalized spacial score (nSPS) is 10.3. The highest BCUT2D eigenvalue weighted by molar-refractivity contribution is 9.10. The molecule has 3 amide bonds. The second-order valence-electron chi connectivity index (χ2n) is 6.13. The predicted molar refractivity (Wildman–Crippen MR) is 119 cm³/mol. The molecule has 0 spiro atoms. The molecule has 1 aromatic heterocycles. The van der Waals surface area contributed by atoms with Crippen LogP contribution >= 0.6 is 27.3 Å². The number of para-hydroxylation sites is 2. The number of urea groups is 1. The molecular formula is C20H19BrN4O3S. The third kappa shape index (κ3) is 5.12. The molecule has 0 saturated carbocycles. The Hall–Kier alpha value is -2.91. The maximum absolute atomic E-state index is 12.6. The van der Waals surface area contributed by atoms with Gasteiger partial charge < -0.3 is 15.4 Å². The average molecular weight is 475 g/mol. The van der Waals surface area contributed by atoms with E-state index in [-0.39, 0.29) is 5.91 Å². The van der Waals surface area contributed by atoms with Crippen molar-refractivity contribution in [3.63, 3.8) is 0 Å². The lowest BCUT2D eigenvalue weighted by Gasteiger charge is -2.09. The maximum atomic E-state index is 12.6. The molecule has 0 atom stereocenters. The Morgan fingerprint density at radius 2 is 1.83 bits per heavy atom. The van der Waals surface area contributed by atoms with Gasteiger partial charge in [-0.1, -0.05) is 39.4 Å². The molecule has 2 aromatic carbocycles. The fourth-order valence-electron chi connectivity index (χ4n) is 2.57. The molecule has 0 aliphatic rings. The first-order valence-electron chi connectivity index (χ1n) is 8.63. The van der Waals surface area contributed by atoms with Crippen molar-refractivity contribution >= 4 is 55.7 Å². The van der Waals surface area contributed by atoms with Crippen LogP contribution in [0, 0.1) is 13.8 Å². The largest absolute Gasteiger partial charge is 0.495 e. The number of ether oxygens (including phenoxy) is 1. The van der Waals surface area contributed by atoms with E-state index in [4.69, 9.17) is 4.74 Å². The highest BCUT2D eigenvalue weighted by Crippen LogP contribution is 2.26. The molecule has 1 heterocycles. The van der Waals surface area contributed by atoms with E-state index in [0.717, 1.165) is 21.4 Å². The fraction of sp³-hybridized carbons (Fsp3) is 0.150. The van der Waals surface area contributed by atoms with Crippen LogP contribution in [-0.4, -0.2) is 24.0 Å². The van der Waals surface area contributed by atoms with Crippen molar-refractivity contribution in [2.45, 2.75) is 13.8 Å². The minimum atomic E-state index is -0.473. The van der Waals surface area contributed by atoms with E-state index in [1.54, 1.807) is 25.1 Å². The summed E-state index contributed by atoms with van der Waals surface area (Å²) in [6.45, 7) is 3.67. The molecule has 0 radical (unpaired) electrons. The minimum absolute atomic E-state index is 0.278. The number of nitrogens with one attached hydrogen (secondary N) is 3. The number of hydrogen-bond donors (Lipinski definition) is 3. The summed E-state index contributed by atoms with van der Waals surface area (Å²) in [6, 6.07) is 12.2. The quantitative estimate of drug-likeness (QED) is 0.459. The van der Waals surface area contributed by atoms with E-state index in [0.29, 0.717) is 32.8 Å². The molecule has 29 heavy (non-hydrogen) atoms. The summed E-state index contributed by atoms with van der Waals surface area (Å²) in [5.74, 6) is 0.266. The molecular weight excluding hydrogens is 456 g/mol. The predicted octanol–water partition coefficient (Wildman–Crippen LogP) is 5.43. The van der Waals surface area contributed by atoms with Crippen molar-refractivity contribution in [1.82, 2.24) is 4.98 Å². The summed E-state index contributed by atoms with van der Waals surface area (Å²) in [6.07, 6.45) is 0. The van der Waals surface area contributed by atoms with Gasteiger partial charge in [0.25, 0.3) is 5.91 Å². The van der Waals surface area contributed by atoms with Crippen LogP contribution < -0.4 is 20.7 Å². The van der Waals surface area contributed by atoms with Gasteiger partial charge in [0.2, 0.25) is 0 Å². The van der Waals surface area contributed by atoms with Gasteiger partial charge in [0, 0.05) is 10.2 Å². The van der Waals surface area contributed by atoms with Crippen molar-refractivity contribution in [3.8, 4) is 5.75 Å². The monoisotopic (exact) mass is 474 g/mol. The average Bonchev–Trinajstić information content (AvgIpc) is 3.05. The molecule has 7 nitrogen and oxygen atoms in total. The molecule has 0 aliphatic heterocycles. The SMILES string of the molecule is COc1ccccc1NC(=O)Nc1nc(C)c(C(=O)Nc2ccc(Br)c(C)c2)s1. The van der Waals surface area contributed by atoms with Crippen molar-refractivity contribution in [3.05, 3.63) is 63.1 Å². The topological polar surface area (TPSA) is 92.3 Å². The highest BCUT2D eigenvalue weighted by atomic mass is 79.9. The Balaban J connectivity index is 1.68. The summed E-state index contributed by atoms with van der Waals surface area (Å²) in [7, 11) is 1.53. The summed E-state index contributed by atoms with van der Waals surface area (Å²) < 4.78 is 6.18. The van der Waals surface area contributed by atoms with Gasteiger partial charge in [-0.25, -0.2) is 9.78 Å². The second-order valence-corrected chi connectivity index (χ2v) is 7.98. The Kier molecular flexibility index (Phi) is 6.50. The first-order chi connectivity index (χ1) is 13.9. The molecule has 0 aliphatic carbocycles. The zero-order valence-electron chi connectivity index (χ0n) is 16.0. The van der Waals surface area contributed by atoms with Crippen molar-refractivity contribution in [2.24, 2.45) is 0 Å². The van der Waals surface area contributed by atoms with E-state index in [1.165, 1.54) is 7.11 Å². The number of aryl methyl sites for hydroxylation is 2. The third-order valence-electron chi connectivity index (χ3n) is 3.99. The van der Waals surface area contributed by atoms with Crippen molar-refractivity contribution in [2.75, 3.05) is 23.1 Å². The van der Waals surface area contributed by atoms with Gasteiger partial charge in [-0.2, -0.15) is 0 Å². The number of thiazole rings is 1. The smallest absolute Gasteiger partial charge is 0.325 e. The van der Waals surface area contributed by atoms with Gasteiger partial charge in [0.1, 0.15) is 10.6 Å². The first kappa shape index (κ1) is 20.8. The van der Waals surface area contributed by atoms with Crippen molar-refractivity contribution in [1.29, 1.82) is 0 Å². The molecule has 0 unspecified atom stereocenters. The van der Waals surface area contributed by atoms with Gasteiger partial charge in [-0.15, -0.1) is 0 Å². The number of benzene rings is 2. The molecule has 0 saturated heterocycles. The van der Waals surface area contributed by atoms with Gasteiger partial charge >= 0.3 is 6.03 Å². The molecule has 3 N–H and O–H groups in total. The van der Waals surface area contributed by atoms with Crippen LogP contribution in [0.1, 0.15) is 20.9 Å². The highest BCUT2D eigenvalue weighted by Gasteiger charge is 2.17. The molecule has 9 heteroatoms. The number of carbonyl (C=O) groups is 2. The zero-order chi connectivity index (χ0) is 21.0. The Bertz CT molecular complexity index is 1070. The zero-order valence-corrected chi connectivity index (χ0v) is 18.4. The Morgan fingerprint density at radius 3 is 2.55 bits per heavy atom. The number of methoxy groups -OCH3 is 1.